The summed E-state index contributed by atoms with van der Waals surface area (Å²) >= 11 is 1.35. The average Bonchev–Trinajstić information content (AvgIpc) is 3.08. The Hall–Kier alpha value is -2.74. The topological polar surface area (TPSA) is 75.8 Å². The molecule has 0 saturated heterocycles. The molecule has 1 heterocycles. The summed E-state index contributed by atoms with van der Waals surface area (Å²) in [5.74, 6) is -0.456. The van der Waals surface area contributed by atoms with Gasteiger partial charge in [-0.15, -0.1) is 0 Å². The summed E-state index contributed by atoms with van der Waals surface area (Å²) in [6, 6.07) is 12.1. The Morgan fingerprint density at radius 3 is 2.64 bits per heavy atom. The van der Waals surface area contributed by atoms with Gasteiger partial charge in [-0.05, 0) is 17.7 Å². The highest BCUT2D eigenvalue weighted by Gasteiger charge is 2.26. The molecule has 128 valence electrons. The lowest BCUT2D eigenvalue weighted by Gasteiger charge is -2.18. The number of thioether (sulfide) groups is 1. The molecule has 0 N–H and O–H groups in total. The predicted octanol–water partition coefficient (Wildman–Crippen LogP) is 3.48. The lowest BCUT2D eigenvalue weighted by molar-refractivity contribution is -0.384. The van der Waals surface area contributed by atoms with Gasteiger partial charge in [-0.25, -0.2) is 4.39 Å². The molecule has 0 fully saturated rings. The SMILES string of the molecule is O=C(c1ccccc1F)N1CCN=C1SCc1ccc([N+](=O)[O-])cc1. The summed E-state index contributed by atoms with van der Waals surface area (Å²) in [5.41, 5.74) is 0.930. The molecular formula is C17H14FN3O3S. The first-order valence-corrected chi connectivity index (χ1v) is 8.52. The van der Waals surface area contributed by atoms with Crippen LogP contribution in [-0.4, -0.2) is 34.0 Å². The largest absolute Gasteiger partial charge is 0.285 e. The van der Waals surface area contributed by atoms with E-state index in [1.165, 1.54) is 47.0 Å². The van der Waals surface area contributed by atoms with Gasteiger partial charge in [0.1, 0.15) is 5.82 Å². The maximum absolute atomic E-state index is 13.8. The fourth-order valence-electron chi connectivity index (χ4n) is 2.38. The van der Waals surface area contributed by atoms with Crippen molar-refractivity contribution in [3.8, 4) is 0 Å². The fraction of sp³-hybridized carbons (Fsp3) is 0.176. The summed E-state index contributed by atoms with van der Waals surface area (Å²) in [5, 5.41) is 11.2. The van der Waals surface area contributed by atoms with Gasteiger partial charge in [0, 0.05) is 24.4 Å². The van der Waals surface area contributed by atoms with E-state index in [2.05, 4.69) is 4.99 Å². The number of amidine groups is 1. The van der Waals surface area contributed by atoms with Gasteiger partial charge in [-0.2, -0.15) is 0 Å². The minimum Gasteiger partial charge on any atom is -0.285 e. The number of hydrogen-bond acceptors (Lipinski definition) is 5. The summed E-state index contributed by atoms with van der Waals surface area (Å²) < 4.78 is 13.8. The van der Waals surface area contributed by atoms with Gasteiger partial charge in [-0.3, -0.25) is 24.8 Å². The quantitative estimate of drug-likeness (QED) is 0.619. The van der Waals surface area contributed by atoms with Gasteiger partial charge in [0.25, 0.3) is 11.6 Å². The Morgan fingerprint density at radius 1 is 1.24 bits per heavy atom. The zero-order chi connectivity index (χ0) is 17.8. The van der Waals surface area contributed by atoms with E-state index in [9.17, 15) is 19.3 Å². The van der Waals surface area contributed by atoms with Crippen LogP contribution >= 0.6 is 11.8 Å². The molecule has 6 nitrogen and oxygen atoms in total. The van der Waals surface area contributed by atoms with Crippen molar-refractivity contribution in [1.82, 2.24) is 4.90 Å². The summed E-state index contributed by atoms with van der Waals surface area (Å²) in [7, 11) is 0. The number of amides is 1. The molecule has 0 atom stereocenters. The molecule has 1 aliphatic rings. The highest BCUT2D eigenvalue weighted by Crippen LogP contribution is 2.23. The van der Waals surface area contributed by atoms with E-state index in [-0.39, 0.29) is 11.3 Å². The first-order chi connectivity index (χ1) is 12.1. The molecule has 0 unspecified atom stereocenters. The molecule has 3 rings (SSSR count). The third-order valence-corrected chi connectivity index (χ3v) is 4.75. The average molecular weight is 359 g/mol. The summed E-state index contributed by atoms with van der Waals surface area (Å²) in [4.78, 5) is 28.5. The second-order valence-corrected chi connectivity index (χ2v) is 6.26. The van der Waals surface area contributed by atoms with Crippen LogP contribution in [-0.2, 0) is 5.75 Å². The van der Waals surface area contributed by atoms with Crippen LogP contribution in [0.5, 0.6) is 0 Å². The molecular weight excluding hydrogens is 345 g/mol. The molecule has 2 aromatic carbocycles. The highest BCUT2D eigenvalue weighted by atomic mass is 32.2. The first kappa shape index (κ1) is 17.1. The van der Waals surface area contributed by atoms with E-state index in [0.717, 1.165) is 5.56 Å². The number of carbonyl (C=O) groups excluding carboxylic acids is 1. The van der Waals surface area contributed by atoms with Gasteiger partial charge >= 0.3 is 0 Å². The monoisotopic (exact) mass is 359 g/mol. The molecule has 0 aliphatic carbocycles. The number of halogens is 1. The molecule has 0 bridgehead atoms. The molecule has 2 aromatic rings. The van der Waals surface area contributed by atoms with E-state index < -0.39 is 16.6 Å². The van der Waals surface area contributed by atoms with Crippen molar-refractivity contribution in [3.63, 3.8) is 0 Å². The van der Waals surface area contributed by atoms with E-state index in [4.69, 9.17) is 0 Å². The summed E-state index contributed by atoms with van der Waals surface area (Å²) in [6.07, 6.45) is 0. The van der Waals surface area contributed by atoms with Gasteiger partial charge in [0.2, 0.25) is 0 Å². The lowest BCUT2D eigenvalue weighted by atomic mass is 10.2. The number of carbonyl (C=O) groups is 1. The summed E-state index contributed by atoms with van der Waals surface area (Å²) in [6.45, 7) is 0.887. The second-order valence-electron chi connectivity index (χ2n) is 5.31. The number of benzene rings is 2. The number of non-ortho nitro benzene ring substituents is 1. The molecule has 0 saturated carbocycles. The molecule has 0 aromatic heterocycles. The highest BCUT2D eigenvalue weighted by molar-refractivity contribution is 8.13. The van der Waals surface area contributed by atoms with Crippen LogP contribution in [0.3, 0.4) is 0 Å². The van der Waals surface area contributed by atoms with Crippen molar-refractivity contribution in [1.29, 1.82) is 0 Å². The van der Waals surface area contributed by atoms with Crippen LogP contribution in [0.1, 0.15) is 15.9 Å². The van der Waals surface area contributed by atoms with Crippen molar-refractivity contribution in [3.05, 3.63) is 75.6 Å². The van der Waals surface area contributed by atoms with Crippen molar-refractivity contribution in [2.45, 2.75) is 5.75 Å². The number of nitro benzene ring substituents is 1. The number of rotatable bonds is 4. The molecule has 0 spiro atoms. The van der Waals surface area contributed by atoms with Crippen molar-refractivity contribution in [2.24, 2.45) is 4.99 Å². The van der Waals surface area contributed by atoms with Crippen LogP contribution in [0.15, 0.2) is 53.5 Å². The van der Waals surface area contributed by atoms with E-state index in [0.29, 0.717) is 24.0 Å². The van der Waals surface area contributed by atoms with Crippen LogP contribution in [0, 0.1) is 15.9 Å². The lowest BCUT2D eigenvalue weighted by Crippen LogP contribution is -2.33. The van der Waals surface area contributed by atoms with Crippen molar-refractivity contribution in [2.75, 3.05) is 13.1 Å². The minimum absolute atomic E-state index is 0.0213. The Bertz CT molecular complexity index is 839. The predicted molar refractivity (Wildman–Crippen MR) is 94.1 cm³/mol. The van der Waals surface area contributed by atoms with Crippen LogP contribution in [0.4, 0.5) is 10.1 Å². The smallest absolute Gasteiger partial charge is 0.269 e. The maximum Gasteiger partial charge on any atom is 0.269 e. The van der Waals surface area contributed by atoms with Crippen LogP contribution < -0.4 is 0 Å². The molecule has 0 radical (unpaired) electrons. The number of aliphatic imine (C=N–C) groups is 1. The zero-order valence-electron chi connectivity index (χ0n) is 13.1. The first-order valence-electron chi connectivity index (χ1n) is 7.53. The molecule has 8 heteroatoms. The fourth-order valence-corrected chi connectivity index (χ4v) is 3.38. The maximum atomic E-state index is 13.8. The normalized spacial score (nSPS) is 13.6. The number of hydrogen-bond donors (Lipinski definition) is 0. The number of nitro groups is 1. The minimum atomic E-state index is -0.556. The van der Waals surface area contributed by atoms with Gasteiger partial charge in [0.15, 0.2) is 5.17 Å². The van der Waals surface area contributed by atoms with Crippen LogP contribution in [0.2, 0.25) is 0 Å². The zero-order valence-corrected chi connectivity index (χ0v) is 13.9. The van der Waals surface area contributed by atoms with Gasteiger partial charge in [0.05, 0.1) is 17.0 Å². The molecule has 1 amide bonds. The van der Waals surface area contributed by atoms with Crippen LogP contribution in [0.25, 0.3) is 0 Å². The van der Waals surface area contributed by atoms with Gasteiger partial charge < -0.3 is 0 Å². The Morgan fingerprint density at radius 2 is 1.96 bits per heavy atom. The third-order valence-electron chi connectivity index (χ3n) is 3.67. The Labute approximate surface area is 147 Å². The second kappa shape index (κ2) is 7.43. The molecule has 1 aliphatic heterocycles. The van der Waals surface area contributed by atoms with E-state index in [1.807, 2.05) is 0 Å². The van der Waals surface area contributed by atoms with Crippen molar-refractivity contribution >= 4 is 28.5 Å². The molecule has 25 heavy (non-hydrogen) atoms. The van der Waals surface area contributed by atoms with E-state index >= 15 is 0 Å². The van der Waals surface area contributed by atoms with Crippen molar-refractivity contribution < 1.29 is 14.1 Å². The Kier molecular flexibility index (Phi) is 5.08. The Balaban J connectivity index is 1.67. The van der Waals surface area contributed by atoms with Gasteiger partial charge in [-0.1, -0.05) is 36.0 Å². The number of nitrogens with zero attached hydrogens (tertiary/aromatic N) is 3. The third kappa shape index (κ3) is 3.85. The van der Waals surface area contributed by atoms with E-state index in [1.54, 1.807) is 18.2 Å². The standard InChI is InChI=1S/C17H14FN3O3S/c18-15-4-2-1-3-14(15)16(22)20-10-9-19-17(20)25-11-12-5-7-13(8-6-12)21(23)24/h1-8H,9-11H2.